The number of likely N-dealkylation sites (N-methyl/N-ethyl adjacent to an activating group) is 1. The molecule has 15 heavy (non-hydrogen) atoms. The van der Waals surface area contributed by atoms with Crippen molar-refractivity contribution in [2.24, 2.45) is 0 Å². The second kappa shape index (κ2) is 6.15. The van der Waals surface area contributed by atoms with Gasteiger partial charge in [0, 0.05) is 25.0 Å². The average molecular weight is 203 g/mol. The summed E-state index contributed by atoms with van der Waals surface area (Å²) < 4.78 is 0. The molecule has 0 saturated carbocycles. The van der Waals surface area contributed by atoms with Gasteiger partial charge in [0.2, 0.25) is 0 Å². The Balaban J connectivity index is 2.35. The molecule has 0 amide bonds. The highest BCUT2D eigenvalue weighted by Gasteiger charge is 2.07. The number of aromatic nitrogens is 1. The molecule has 3 heteroatoms. The number of hydrogen-bond donors (Lipinski definition) is 0. The number of rotatable bonds is 5. The van der Waals surface area contributed by atoms with Crippen molar-refractivity contribution in [3.8, 4) is 6.07 Å². The van der Waals surface area contributed by atoms with Gasteiger partial charge in [-0.2, -0.15) is 5.26 Å². The Morgan fingerprint density at radius 3 is 3.00 bits per heavy atom. The van der Waals surface area contributed by atoms with Crippen LogP contribution in [0.3, 0.4) is 0 Å². The molecule has 1 heterocycles. The van der Waals surface area contributed by atoms with E-state index in [-0.39, 0.29) is 0 Å². The third-order valence-corrected chi connectivity index (χ3v) is 2.62. The van der Waals surface area contributed by atoms with E-state index in [4.69, 9.17) is 5.26 Å². The predicted octanol–water partition coefficient (Wildman–Crippen LogP) is 1.86. The molecule has 0 radical (unpaired) electrons. The van der Waals surface area contributed by atoms with E-state index in [0.29, 0.717) is 12.5 Å². The van der Waals surface area contributed by atoms with Crippen LogP contribution in [0.2, 0.25) is 0 Å². The number of pyridine rings is 1. The molecule has 0 bridgehead atoms. The minimum atomic E-state index is 0.326. The number of nitrogens with zero attached hydrogens (tertiary/aromatic N) is 3. The van der Waals surface area contributed by atoms with Crippen LogP contribution < -0.4 is 0 Å². The summed E-state index contributed by atoms with van der Waals surface area (Å²) in [6.45, 7) is 3.04. The van der Waals surface area contributed by atoms with Gasteiger partial charge in [-0.1, -0.05) is 6.07 Å². The molecule has 1 atom stereocenters. The monoisotopic (exact) mass is 203 g/mol. The Morgan fingerprint density at radius 1 is 1.60 bits per heavy atom. The topological polar surface area (TPSA) is 39.9 Å². The fraction of sp³-hybridized carbons (Fsp3) is 0.500. The highest BCUT2D eigenvalue weighted by molar-refractivity contribution is 5.08. The highest BCUT2D eigenvalue weighted by atomic mass is 15.1. The first kappa shape index (κ1) is 11.7. The van der Waals surface area contributed by atoms with Crippen molar-refractivity contribution in [1.82, 2.24) is 9.88 Å². The largest absolute Gasteiger partial charge is 0.302 e. The molecule has 0 fully saturated rings. The fourth-order valence-corrected chi connectivity index (χ4v) is 1.36. The lowest BCUT2D eigenvalue weighted by molar-refractivity contribution is 0.264. The van der Waals surface area contributed by atoms with Crippen molar-refractivity contribution >= 4 is 0 Å². The molecule has 1 rings (SSSR count). The van der Waals surface area contributed by atoms with E-state index < -0.39 is 0 Å². The van der Waals surface area contributed by atoms with E-state index >= 15 is 0 Å². The molecule has 0 aliphatic rings. The summed E-state index contributed by atoms with van der Waals surface area (Å²) in [5, 5.41) is 8.58. The van der Waals surface area contributed by atoms with Gasteiger partial charge in [-0.3, -0.25) is 4.98 Å². The molecule has 1 aromatic heterocycles. The van der Waals surface area contributed by atoms with Gasteiger partial charge in [-0.25, -0.2) is 0 Å². The van der Waals surface area contributed by atoms with E-state index in [1.807, 2.05) is 12.3 Å². The Morgan fingerprint density at radius 2 is 2.40 bits per heavy atom. The zero-order valence-electron chi connectivity index (χ0n) is 9.35. The molecule has 0 spiro atoms. The molecular weight excluding hydrogens is 186 g/mol. The van der Waals surface area contributed by atoms with E-state index in [1.165, 1.54) is 5.56 Å². The lowest BCUT2D eigenvalue weighted by Crippen LogP contribution is -2.30. The van der Waals surface area contributed by atoms with E-state index in [0.717, 1.165) is 13.0 Å². The lowest BCUT2D eigenvalue weighted by atomic mass is 10.1. The normalized spacial score (nSPS) is 12.4. The van der Waals surface area contributed by atoms with Crippen molar-refractivity contribution < 1.29 is 0 Å². The predicted molar refractivity (Wildman–Crippen MR) is 60.3 cm³/mol. The molecule has 0 aliphatic carbocycles. The first-order valence-electron chi connectivity index (χ1n) is 5.20. The van der Waals surface area contributed by atoms with Crippen LogP contribution in [-0.2, 0) is 6.42 Å². The molecule has 0 aliphatic heterocycles. The number of nitriles is 1. The van der Waals surface area contributed by atoms with E-state index in [9.17, 15) is 0 Å². The molecule has 0 N–H and O–H groups in total. The van der Waals surface area contributed by atoms with Gasteiger partial charge in [0.25, 0.3) is 0 Å². The maximum Gasteiger partial charge on any atom is 0.0638 e. The molecule has 1 aromatic rings. The van der Waals surface area contributed by atoms with Crippen molar-refractivity contribution in [1.29, 1.82) is 5.26 Å². The summed E-state index contributed by atoms with van der Waals surface area (Å²) in [6.07, 6.45) is 5.25. The molecule has 3 nitrogen and oxygen atoms in total. The second-order valence-corrected chi connectivity index (χ2v) is 3.80. The molecule has 0 aromatic carbocycles. The molecule has 0 saturated heterocycles. The Hall–Kier alpha value is -1.40. The number of hydrogen-bond acceptors (Lipinski definition) is 3. The van der Waals surface area contributed by atoms with E-state index in [2.05, 4.69) is 36.0 Å². The third-order valence-electron chi connectivity index (χ3n) is 2.62. The highest BCUT2D eigenvalue weighted by Crippen LogP contribution is 2.03. The van der Waals surface area contributed by atoms with Crippen molar-refractivity contribution in [3.05, 3.63) is 30.1 Å². The smallest absolute Gasteiger partial charge is 0.0638 e. The molecular formula is C12H17N3. The van der Waals surface area contributed by atoms with Crippen molar-refractivity contribution in [2.75, 3.05) is 13.6 Å². The van der Waals surface area contributed by atoms with Crippen LogP contribution in [-0.4, -0.2) is 29.5 Å². The molecule has 80 valence electrons. The van der Waals surface area contributed by atoms with Gasteiger partial charge in [-0.05, 0) is 32.0 Å². The van der Waals surface area contributed by atoms with E-state index in [1.54, 1.807) is 6.20 Å². The average Bonchev–Trinajstić information content (AvgIpc) is 2.27. The van der Waals surface area contributed by atoms with Gasteiger partial charge in [0.05, 0.1) is 12.5 Å². The SMILES string of the molecule is CC(CC#N)N(C)CCc1cccnc1. The van der Waals surface area contributed by atoms with Crippen LogP contribution in [0, 0.1) is 11.3 Å². The van der Waals surface area contributed by atoms with Crippen LogP contribution in [0.15, 0.2) is 24.5 Å². The van der Waals surface area contributed by atoms with Crippen LogP contribution in [0.5, 0.6) is 0 Å². The maximum atomic E-state index is 8.58. The third kappa shape index (κ3) is 4.09. The van der Waals surface area contributed by atoms with Crippen LogP contribution in [0.1, 0.15) is 18.9 Å². The van der Waals surface area contributed by atoms with Crippen LogP contribution >= 0.6 is 0 Å². The maximum absolute atomic E-state index is 8.58. The standard InChI is InChI=1S/C12H17N3/c1-11(5-7-13)15(2)9-6-12-4-3-8-14-10-12/h3-4,8,10-11H,5-6,9H2,1-2H3. The first-order valence-corrected chi connectivity index (χ1v) is 5.20. The zero-order chi connectivity index (χ0) is 11.1. The van der Waals surface area contributed by atoms with Gasteiger partial charge in [0.15, 0.2) is 0 Å². The summed E-state index contributed by atoms with van der Waals surface area (Å²) in [5.41, 5.74) is 1.24. The van der Waals surface area contributed by atoms with Crippen LogP contribution in [0.25, 0.3) is 0 Å². The summed E-state index contributed by atoms with van der Waals surface area (Å²) in [4.78, 5) is 6.28. The Kier molecular flexibility index (Phi) is 4.79. The van der Waals surface area contributed by atoms with Crippen molar-refractivity contribution in [2.45, 2.75) is 25.8 Å². The Bertz CT molecular complexity index is 315. The summed E-state index contributed by atoms with van der Waals surface area (Å²) in [5.74, 6) is 0. The lowest BCUT2D eigenvalue weighted by Gasteiger charge is -2.22. The van der Waals surface area contributed by atoms with Gasteiger partial charge in [0.1, 0.15) is 0 Å². The Labute approximate surface area is 91.4 Å². The summed E-state index contributed by atoms with van der Waals surface area (Å²) in [7, 11) is 2.05. The second-order valence-electron chi connectivity index (χ2n) is 3.80. The fourth-order valence-electron chi connectivity index (χ4n) is 1.36. The van der Waals surface area contributed by atoms with Gasteiger partial charge >= 0.3 is 0 Å². The zero-order valence-corrected chi connectivity index (χ0v) is 9.35. The van der Waals surface area contributed by atoms with Crippen molar-refractivity contribution in [3.63, 3.8) is 0 Å². The minimum absolute atomic E-state index is 0.326. The quantitative estimate of drug-likeness (QED) is 0.733. The van der Waals surface area contributed by atoms with Gasteiger partial charge < -0.3 is 4.90 Å². The molecule has 1 unspecified atom stereocenters. The minimum Gasteiger partial charge on any atom is -0.302 e. The van der Waals surface area contributed by atoms with Crippen LogP contribution in [0.4, 0.5) is 0 Å². The first-order chi connectivity index (χ1) is 7.24. The summed E-state index contributed by atoms with van der Waals surface area (Å²) >= 11 is 0. The van der Waals surface area contributed by atoms with Gasteiger partial charge in [-0.15, -0.1) is 0 Å². The summed E-state index contributed by atoms with van der Waals surface area (Å²) in [6, 6.07) is 6.55.